The fraction of sp³-hybridized carbons (Fsp3) is 0.943. The summed E-state index contributed by atoms with van der Waals surface area (Å²) in [6.07, 6.45) is 44.3. The Hall–Kier alpha value is -0.660. The molecule has 0 bridgehead atoms. The summed E-state index contributed by atoms with van der Waals surface area (Å²) in [4.78, 5) is 5.22. The van der Waals surface area contributed by atoms with Crippen LogP contribution in [0.4, 0.5) is 0 Å². The van der Waals surface area contributed by atoms with Crippen LogP contribution in [0.25, 0.3) is 0 Å². The van der Waals surface area contributed by atoms with E-state index >= 15 is 0 Å². The van der Waals surface area contributed by atoms with Gasteiger partial charge in [-0.3, -0.25) is 0 Å². The topological polar surface area (TPSA) is 6.48 Å². The quantitative estimate of drug-likeness (QED) is 0.0908. The van der Waals surface area contributed by atoms with Crippen molar-refractivity contribution >= 4 is 0 Å². The SMILES string of the molecule is CCCCCCCCCCCCCCCCCCCC1N(CC)C=CN1CCCCCCCCCCC. The molecule has 0 radical (unpaired) electrons. The maximum Gasteiger partial charge on any atom is 0.101 e. The normalized spacial score (nSPS) is 15.4. The first-order valence-electron chi connectivity index (χ1n) is 17.5. The van der Waals surface area contributed by atoms with Crippen LogP contribution in [0.2, 0.25) is 0 Å². The van der Waals surface area contributed by atoms with Crippen LogP contribution in [0.3, 0.4) is 0 Å². The van der Waals surface area contributed by atoms with Crippen LogP contribution in [0.1, 0.15) is 194 Å². The number of unbranched alkanes of at least 4 members (excludes halogenated alkanes) is 24. The lowest BCUT2D eigenvalue weighted by atomic mass is 10.0. The van der Waals surface area contributed by atoms with Crippen LogP contribution in [0, 0.1) is 0 Å². The highest BCUT2D eigenvalue weighted by Gasteiger charge is 2.23. The van der Waals surface area contributed by atoms with Gasteiger partial charge in [-0.15, -0.1) is 0 Å². The van der Waals surface area contributed by atoms with Crippen LogP contribution >= 0.6 is 0 Å². The fourth-order valence-corrected chi connectivity index (χ4v) is 6.09. The summed E-state index contributed by atoms with van der Waals surface area (Å²) in [5.74, 6) is 0. The van der Waals surface area contributed by atoms with Gasteiger partial charge in [-0.25, -0.2) is 0 Å². The van der Waals surface area contributed by atoms with Gasteiger partial charge in [0, 0.05) is 25.5 Å². The molecule has 0 fully saturated rings. The summed E-state index contributed by atoms with van der Waals surface area (Å²) in [5.41, 5.74) is 0. The highest BCUT2D eigenvalue weighted by Crippen LogP contribution is 2.23. The Morgan fingerprint density at radius 3 is 1.08 bits per heavy atom. The van der Waals surface area contributed by atoms with Crippen LogP contribution in [-0.2, 0) is 0 Å². The molecular formula is C35H70N2. The van der Waals surface area contributed by atoms with Gasteiger partial charge in [0.25, 0.3) is 0 Å². The molecule has 0 aliphatic carbocycles. The van der Waals surface area contributed by atoms with E-state index in [-0.39, 0.29) is 0 Å². The third kappa shape index (κ3) is 20.0. The van der Waals surface area contributed by atoms with E-state index in [0.717, 1.165) is 6.54 Å². The van der Waals surface area contributed by atoms with Gasteiger partial charge in [0.15, 0.2) is 0 Å². The van der Waals surface area contributed by atoms with Gasteiger partial charge in [0.1, 0.15) is 6.17 Å². The van der Waals surface area contributed by atoms with Gasteiger partial charge >= 0.3 is 0 Å². The average Bonchev–Trinajstić information content (AvgIpc) is 3.31. The fourth-order valence-electron chi connectivity index (χ4n) is 6.09. The minimum absolute atomic E-state index is 0.635. The number of hydrogen-bond acceptors (Lipinski definition) is 2. The molecule has 2 heteroatoms. The minimum atomic E-state index is 0.635. The summed E-state index contributed by atoms with van der Waals surface area (Å²) in [6, 6.07) is 0. The number of rotatable bonds is 29. The molecule has 1 atom stereocenters. The molecule has 37 heavy (non-hydrogen) atoms. The van der Waals surface area contributed by atoms with E-state index in [1.165, 1.54) is 180 Å². The third-order valence-corrected chi connectivity index (χ3v) is 8.67. The number of hydrogen-bond donors (Lipinski definition) is 0. The molecule has 0 aromatic rings. The standard InChI is InChI=1S/C35H70N2/c1-4-7-9-11-13-15-16-17-18-19-20-21-22-23-25-27-29-31-35-36(6-3)33-34-37(35)32-30-28-26-24-14-12-10-8-5-2/h33-35H,4-32H2,1-3H3. The zero-order valence-corrected chi connectivity index (χ0v) is 26.1. The maximum atomic E-state index is 2.65. The van der Waals surface area contributed by atoms with Crippen LogP contribution in [0.15, 0.2) is 12.4 Å². The van der Waals surface area contributed by atoms with Crippen molar-refractivity contribution in [3.8, 4) is 0 Å². The molecule has 0 spiro atoms. The van der Waals surface area contributed by atoms with E-state index in [1.807, 2.05) is 0 Å². The Labute approximate surface area is 235 Å². The maximum absolute atomic E-state index is 2.65. The smallest absolute Gasteiger partial charge is 0.101 e. The Morgan fingerprint density at radius 2 is 0.703 bits per heavy atom. The van der Waals surface area contributed by atoms with Gasteiger partial charge in [-0.2, -0.15) is 0 Å². The molecule has 0 aromatic carbocycles. The average molecular weight is 519 g/mol. The minimum Gasteiger partial charge on any atom is -0.356 e. The van der Waals surface area contributed by atoms with Gasteiger partial charge in [0.05, 0.1) is 0 Å². The van der Waals surface area contributed by atoms with Crippen molar-refractivity contribution < 1.29 is 0 Å². The Bertz CT molecular complexity index is 474. The van der Waals surface area contributed by atoms with Crippen LogP contribution in [0.5, 0.6) is 0 Å². The summed E-state index contributed by atoms with van der Waals surface area (Å²) in [5, 5.41) is 0. The van der Waals surface area contributed by atoms with E-state index in [2.05, 4.69) is 43.0 Å². The molecule has 0 saturated carbocycles. The summed E-state index contributed by atoms with van der Waals surface area (Å²) in [7, 11) is 0. The second kappa shape index (κ2) is 26.9. The van der Waals surface area contributed by atoms with E-state index in [0.29, 0.717) is 6.17 Å². The molecule has 1 aliphatic rings. The highest BCUT2D eigenvalue weighted by molar-refractivity contribution is 4.96. The molecule has 1 aliphatic heterocycles. The van der Waals surface area contributed by atoms with Crippen molar-refractivity contribution in [3.05, 3.63) is 12.4 Å². The Balaban J connectivity index is 1.92. The van der Waals surface area contributed by atoms with E-state index in [4.69, 9.17) is 0 Å². The number of nitrogens with zero attached hydrogens (tertiary/aromatic N) is 2. The van der Waals surface area contributed by atoms with E-state index in [1.54, 1.807) is 0 Å². The van der Waals surface area contributed by atoms with Crippen molar-refractivity contribution in [2.75, 3.05) is 13.1 Å². The molecule has 1 heterocycles. The summed E-state index contributed by atoms with van der Waals surface area (Å²) >= 11 is 0. The summed E-state index contributed by atoms with van der Waals surface area (Å²) < 4.78 is 0. The Kier molecular flexibility index (Phi) is 25.0. The molecule has 0 N–H and O–H groups in total. The molecular weight excluding hydrogens is 448 g/mol. The lowest BCUT2D eigenvalue weighted by Gasteiger charge is -2.32. The van der Waals surface area contributed by atoms with E-state index in [9.17, 15) is 0 Å². The highest BCUT2D eigenvalue weighted by atomic mass is 15.4. The first-order chi connectivity index (χ1) is 18.3. The molecule has 0 aromatic heterocycles. The van der Waals surface area contributed by atoms with Gasteiger partial charge in [-0.1, -0.05) is 168 Å². The van der Waals surface area contributed by atoms with Crippen LogP contribution < -0.4 is 0 Å². The second-order valence-electron chi connectivity index (χ2n) is 12.1. The first kappa shape index (κ1) is 34.4. The van der Waals surface area contributed by atoms with Crippen molar-refractivity contribution in [2.24, 2.45) is 0 Å². The third-order valence-electron chi connectivity index (χ3n) is 8.67. The van der Waals surface area contributed by atoms with Gasteiger partial charge in [-0.05, 0) is 26.2 Å². The predicted molar refractivity (Wildman–Crippen MR) is 168 cm³/mol. The molecule has 2 nitrogen and oxygen atoms in total. The van der Waals surface area contributed by atoms with Gasteiger partial charge in [0.2, 0.25) is 0 Å². The van der Waals surface area contributed by atoms with Crippen LogP contribution in [-0.4, -0.2) is 29.1 Å². The van der Waals surface area contributed by atoms with Crippen molar-refractivity contribution in [3.63, 3.8) is 0 Å². The molecule has 1 unspecified atom stereocenters. The summed E-state index contributed by atoms with van der Waals surface area (Å²) in [6.45, 7) is 9.33. The molecule has 1 rings (SSSR count). The Morgan fingerprint density at radius 1 is 0.378 bits per heavy atom. The lowest BCUT2D eigenvalue weighted by Crippen LogP contribution is -2.38. The second-order valence-corrected chi connectivity index (χ2v) is 12.1. The van der Waals surface area contributed by atoms with Crippen molar-refractivity contribution in [1.29, 1.82) is 0 Å². The van der Waals surface area contributed by atoms with Gasteiger partial charge < -0.3 is 9.80 Å². The van der Waals surface area contributed by atoms with E-state index < -0.39 is 0 Å². The molecule has 220 valence electrons. The lowest BCUT2D eigenvalue weighted by molar-refractivity contribution is 0.142. The zero-order chi connectivity index (χ0) is 26.7. The molecule has 0 saturated heterocycles. The van der Waals surface area contributed by atoms with Crippen molar-refractivity contribution in [2.45, 2.75) is 200 Å². The predicted octanol–water partition coefficient (Wildman–Crippen LogP) is 12.0. The first-order valence-corrected chi connectivity index (χ1v) is 17.5. The largest absolute Gasteiger partial charge is 0.356 e. The van der Waals surface area contributed by atoms with Crippen molar-refractivity contribution in [1.82, 2.24) is 9.80 Å². The zero-order valence-electron chi connectivity index (χ0n) is 26.1. The monoisotopic (exact) mass is 519 g/mol. The molecule has 0 amide bonds.